The first-order valence-corrected chi connectivity index (χ1v) is 5.48. The van der Waals surface area contributed by atoms with Crippen molar-refractivity contribution in [3.63, 3.8) is 0 Å². The van der Waals surface area contributed by atoms with Gasteiger partial charge in [-0.1, -0.05) is 19.9 Å². The van der Waals surface area contributed by atoms with Gasteiger partial charge in [0, 0.05) is 0 Å². The largest absolute Gasteiger partial charge is 0.462 e. The molecule has 1 aliphatic rings. The Morgan fingerprint density at radius 3 is 2.43 bits per heavy atom. The average molecular weight is 196 g/mol. The Bertz CT molecular complexity index is 202. The second-order valence-electron chi connectivity index (χ2n) is 4.35. The van der Waals surface area contributed by atoms with Gasteiger partial charge in [0.2, 0.25) is 0 Å². The zero-order valence-corrected chi connectivity index (χ0v) is 9.16. The van der Waals surface area contributed by atoms with Crippen molar-refractivity contribution in [2.75, 3.05) is 0 Å². The van der Waals surface area contributed by atoms with E-state index < -0.39 is 0 Å². The normalized spacial score (nSPS) is 19.6. The minimum absolute atomic E-state index is 0.0955. The van der Waals surface area contributed by atoms with Crippen molar-refractivity contribution in [1.82, 2.24) is 0 Å². The van der Waals surface area contributed by atoms with E-state index in [1.54, 1.807) is 6.08 Å². The van der Waals surface area contributed by atoms with Crippen molar-refractivity contribution < 1.29 is 9.53 Å². The van der Waals surface area contributed by atoms with Crippen LogP contribution in [-0.4, -0.2) is 12.1 Å². The Kier molecular flexibility index (Phi) is 4.18. The first kappa shape index (κ1) is 11.3. The Morgan fingerprint density at radius 1 is 1.43 bits per heavy atom. The summed E-state index contributed by atoms with van der Waals surface area (Å²) in [5.74, 6) is 0.0407. The van der Waals surface area contributed by atoms with Crippen LogP contribution in [0, 0.1) is 11.8 Å². The maximum absolute atomic E-state index is 11.7. The summed E-state index contributed by atoms with van der Waals surface area (Å²) in [6, 6.07) is 0. The van der Waals surface area contributed by atoms with E-state index in [2.05, 4.69) is 6.58 Å². The molecule has 0 N–H and O–H groups in total. The van der Waals surface area contributed by atoms with Crippen LogP contribution in [-0.2, 0) is 9.53 Å². The molecule has 1 unspecified atom stereocenters. The highest BCUT2D eigenvalue weighted by Crippen LogP contribution is 2.23. The van der Waals surface area contributed by atoms with Gasteiger partial charge in [-0.05, 0) is 31.6 Å². The van der Waals surface area contributed by atoms with Crippen molar-refractivity contribution in [3.05, 3.63) is 12.7 Å². The van der Waals surface area contributed by atoms with Gasteiger partial charge < -0.3 is 4.74 Å². The molecule has 0 aliphatic heterocycles. The molecule has 1 aliphatic carbocycles. The van der Waals surface area contributed by atoms with E-state index in [-0.39, 0.29) is 23.9 Å². The fourth-order valence-corrected chi connectivity index (χ4v) is 1.89. The lowest BCUT2D eigenvalue weighted by Crippen LogP contribution is -2.24. The van der Waals surface area contributed by atoms with Gasteiger partial charge in [-0.2, -0.15) is 0 Å². The molecule has 1 saturated carbocycles. The van der Waals surface area contributed by atoms with Crippen LogP contribution in [0.3, 0.4) is 0 Å². The van der Waals surface area contributed by atoms with Crippen molar-refractivity contribution in [3.8, 4) is 0 Å². The number of rotatable bonds is 4. The second kappa shape index (κ2) is 5.18. The third kappa shape index (κ3) is 2.86. The van der Waals surface area contributed by atoms with Gasteiger partial charge in [-0.3, -0.25) is 4.79 Å². The van der Waals surface area contributed by atoms with Gasteiger partial charge in [0.05, 0.1) is 5.92 Å². The number of carbonyl (C=O) groups excluding carboxylic acids is 1. The van der Waals surface area contributed by atoms with Crippen molar-refractivity contribution in [2.24, 2.45) is 11.8 Å². The maximum Gasteiger partial charge on any atom is 0.313 e. The minimum Gasteiger partial charge on any atom is -0.462 e. The van der Waals surface area contributed by atoms with E-state index in [0.29, 0.717) is 0 Å². The maximum atomic E-state index is 11.7. The molecule has 0 heterocycles. The average Bonchev–Trinajstić information content (AvgIpc) is 2.57. The van der Waals surface area contributed by atoms with E-state index in [9.17, 15) is 4.79 Å². The standard InChI is InChI=1S/C12H20O2/c1-4-11(9(2)3)12(13)14-10-7-5-6-8-10/h4,9-11H,1,5-8H2,2-3H3. The zero-order valence-electron chi connectivity index (χ0n) is 9.16. The third-order valence-electron chi connectivity index (χ3n) is 2.83. The molecular formula is C12H20O2. The monoisotopic (exact) mass is 196 g/mol. The summed E-state index contributed by atoms with van der Waals surface area (Å²) in [6.45, 7) is 7.71. The molecule has 1 atom stereocenters. The molecule has 0 spiro atoms. The summed E-state index contributed by atoms with van der Waals surface area (Å²) < 4.78 is 5.42. The van der Waals surface area contributed by atoms with Crippen LogP contribution < -0.4 is 0 Å². The highest BCUT2D eigenvalue weighted by Gasteiger charge is 2.25. The molecule has 14 heavy (non-hydrogen) atoms. The van der Waals surface area contributed by atoms with Crippen LogP contribution in [0.15, 0.2) is 12.7 Å². The van der Waals surface area contributed by atoms with E-state index in [1.165, 1.54) is 12.8 Å². The molecule has 0 aromatic carbocycles. The molecule has 1 fully saturated rings. The lowest BCUT2D eigenvalue weighted by molar-refractivity contribution is -0.153. The summed E-state index contributed by atoms with van der Waals surface area (Å²) in [5.41, 5.74) is 0. The molecule has 0 saturated heterocycles. The van der Waals surface area contributed by atoms with Crippen molar-refractivity contribution in [2.45, 2.75) is 45.6 Å². The summed E-state index contributed by atoms with van der Waals surface area (Å²) >= 11 is 0. The lowest BCUT2D eigenvalue weighted by Gasteiger charge is -2.18. The van der Waals surface area contributed by atoms with Crippen LogP contribution in [0.4, 0.5) is 0 Å². The number of carbonyl (C=O) groups is 1. The van der Waals surface area contributed by atoms with Crippen LogP contribution >= 0.6 is 0 Å². The molecule has 80 valence electrons. The topological polar surface area (TPSA) is 26.3 Å². The van der Waals surface area contributed by atoms with Crippen LogP contribution in [0.25, 0.3) is 0 Å². The molecule has 2 heteroatoms. The highest BCUT2D eigenvalue weighted by molar-refractivity contribution is 5.74. The predicted molar refractivity (Wildman–Crippen MR) is 56.9 cm³/mol. The Hall–Kier alpha value is -0.790. The number of esters is 1. The molecular weight excluding hydrogens is 176 g/mol. The van der Waals surface area contributed by atoms with Crippen LogP contribution in [0.2, 0.25) is 0 Å². The Morgan fingerprint density at radius 2 is 2.00 bits per heavy atom. The molecule has 1 rings (SSSR count). The van der Waals surface area contributed by atoms with Gasteiger partial charge in [-0.15, -0.1) is 6.58 Å². The zero-order chi connectivity index (χ0) is 10.6. The number of hydrogen-bond acceptors (Lipinski definition) is 2. The highest BCUT2D eigenvalue weighted by atomic mass is 16.5. The lowest BCUT2D eigenvalue weighted by atomic mass is 9.96. The first-order chi connectivity index (χ1) is 6.65. The third-order valence-corrected chi connectivity index (χ3v) is 2.83. The molecule has 0 aromatic heterocycles. The summed E-state index contributed by atoms with van der Waals surface area (Å²) in [5, 5.41) is 0. The van der Waals surface area contributed by atoms with Crippen molar-refractivity contribution in [1.29, 1.82) is 0 Å². The van der Waals surface area contributed by atoms with Gasteiger partial charge in [0.1, 0.15) is 6.10 Å². The van der Waals surface area contributed by atoms with E-state index in [4.69, 9.17) is 4.74 Å². The summed E-state index contributed by atoms with van der Waals surface area (Å²) in [4.78, 5) is 11.7. The first-order valence-electron chi connectivity index (χ1n) is 5.48. The molecule has 2 nitrogen and oxygen atoms in total. The molecule has 0 radical (unpaired) electrons. The Labute approximate surface area is 86.3 Å². The number of hydrogen-bond donors (Lipinski definition) is 0. The van der Waals surface area contributed by atoms with Crippen LogP contribution in [0.1, 0.15) is 39.5 Å². The van der Waals surface area contributed by atoms with Crippen molar-refractivity contribution >= 4 is 5.97 Å². The fourth-order valence-electron chi connectivity index (χ4n) is 1.89. The second-order valence-corrected chi connectivity index (χ2v) is 4.35. The predicted octanol–water partition coefficient (Wildman–Crippen LogP) is 2.93. The minimum atomic E-state index is -0.143. The van der Waals surface area contributed by atoms with Gasteiger partial charge >= 0.3 is 5.97 Å². The summed E-state index contributed by atoms with van der Waals surface area (Å²) in [6.07, 6.45) is 6.32. The van der Waals surface area contributed by atoms with E-state index in [1.807, 2.05) is 13.8 Å². The Balaban J connectivity index is 2.42. The molecule has 0 amide bonds. The summed E-state index contributed by atoms with van der Waals surface area (Å²) in [7, 11) is 0. The van der Waals surface area contributed by atoms with Gasteiger partial charge in [-0.25, -0.2) is 0 Å². The van der Waals surface area contributed by atoms with Gasteiger partial charge in [0.15, 0.2) is 0 Å². The SMILES string of the molecule is C=CC(C(=O)OC1CCCC1)C(C)C. The van der Waals surface area contributed by atoms with E-state index >= 15 is 0 Å². The van der Waals surface area contributed by atoms with E-state index in [0.717, 1.165) is 12.8 Å². The quantitative estimate of drug-likeness (QED) is 0.510. The smallest absolute Gasteiger partial charge is 0.313 e. The molecule has 0 bridgehead atoms. The number of ether oxygens (including phenoxy) is 1. The molecule has 0 aromatic rings. The van der Waals surface area contributed by atoms with Gasteiger partial charge in [0.25, 0.3) is 0 Å². The fraction of sp³-hybridized carbons (Fsp3) is 0.750. The van der Waals surface area contributed by atoms with Crippen LogP contribution in [0.5, 0.6) is 0 Å².